The van der Waals surface area contributed by atoms with Crippen molar-refractivity contribution in [2.24, 2.45) is 5.41 Å². The standard InChI is InChI=1S/C24H27N7O3/c1-14-12-31(22(33)21(32)28-17-11-26-20(25)16-10-27-29-19(16)17)18(15-6-4-3-5-7-15)13-30(14)23(34)24(2)8-9-24/h3-7,10-11,14,18H,8-9,12-13H2,1-2H3,(H2,25,26)(H,27,29)(H,28,32)/t14-,18-/m1/s1. The normalized spacial score (nSPS) is 21.4. The van der Waals surface area contributed by atoms with Crippen LogP contribution in [0.2, 0.25) is 0 Å². The van der Waals surface area contributed by atoms with Crippen molar-refractivity contribution in [1.82, 2.24) is 25.0 Å². The van der Waals surface area contributed by atoms with E-state index in [9.17, 15) is 14.4 Å². The summed E-state index contributed by atoms with van der Waals surface area (Å²) in [5, 5.41) is 9.93. The lowest BCUT2D eigenvalue weighted by atomic mass is 9.97. The van der Waals surface area contributed by atoms with Crippen molar-refractivity contribution in [1.29, 1.82) is 0 Å². The van der Waals surface area contributed by atoms with Crippen molar-refractivity contribution in [3.05, 3.63) is 48.3 Å². The smallest absolute Gasteiger partial charge is 0.314 e. The molecule has 0 radical (unpaired) electrons. The highest BCUT2D eigenvalue weighted by atomic mass is 16.2. The maximum atomic E-state index is 13.4. The first-order valence-corrected chi connectivity index (χ1v) is 11.3. The predicted molar refractivity (Wildman–Crippen MR) is 126 cm³/mol. The van der Waals surface area contributed by atoms with E-state index in [0.29, 0.717) is 23.1 Å². The third kappa shape index (κ3) is 3.74. The van der Waals surface area contributed by atoms with E-state index < -0.39 is 17.9 Å². The number of carbonyl (C=O) groups excluding carboxylic acids is 3. The van der Waals surface area contributed by atoms with Gasteiger partial charge in [0.2, 0.25) is 5.91 Å². The molecule has 0 unspecified atom stereocenters. The summed E-state index contributed by atoms with van der Waals surface area (Å²) in [4.78, 5) is 47.1. The van der Waals surface area contributed by atoms with Gasteiger partial charge in [-0.05, 0) is 25.3 Å². The van der Waals surface area contributed by atoms with Crippen LogP contribution in [0.4, 0.5) is 11.5 Å². The van der Waals surface area contributed by atoms with Crippen LogP contribution in [0.1, 0.15) is 38.3 Å². The lowest BCUT2D eigenvalue weighted by molar-refractivity contribution is -0.153. The fourth-order valence-electron chi connectivity index (χ4n) is 4.55. The number of nitrogens with zero attached hydrogens (tertiary/aromatic N) is 4. The fourth-order valence-corrected chi connectivity index (χ4v) is 4.55. The Bertz CT molecular complexity index is 1270. The number of H-pyrrole nitrogens is 1. The first kappa shape index (κ1) is 21.9. The molecule has 0 spiro atoms. The molecular weight excluding hydrogens is 434 g/mol. The Morgan fingerprint density at radius 1 is 1.12 bits per heavy atom. The number of piperazine rings is 1. The molecule has 3 amide bonds. The van der Waals surface area contributed by atoms with E-state index in [4.69, 9.17) is 5.73 Å². The Hall–Kier alpha value is -3.95. The molecule has 176 valence electrons. The predicted octanol–water partition coefficient (Wildman–Crippen LogP) is 2.08. The van der Waals surface area contributed by atoms with Crippen LogP contribution in [0.15, 0.2) is 42.7 Å². The monoisotopic (exact) mass is 461 g/mol. The molecule has 1 aromatic carbocycles. The summed E-state index contributed by atoms with van der Waals surface area (Å²) in [6.45, 7) is 4.50. The Morgan fingerprint density at radius 2 is 1.85 bits per heavy atom. The van der Waals surface area contributed by atoms with Crippen molar-refractivity contribution in [2.75, 3.05) is 24.1 Å². The quantitative estimate of drug-likeness (QED) is 0.511. The zero-order valence-electron chi connectivity index (χ0n) is 19.1. The average molecular weight is 462 g/mol. The Balaban J connectivity index is 1.41. The number of nitrogens with two attached hydrogens (primary N) is 1. The van der Waals surface area contributed by atoms with Crippen molar-refractivity contribution in [2.45, 2.75) is 38.8 Å². The first-order valence-electron chi connectivity index (χ1n) is 11.3. The van der Waals surface area contributed by atoms with Crippen LogP contribution in [0.3, 0.4) is 0 Å². The molecule has 1 aliphatic carbocycles. The molecule has 1 saturated heterocycles. The number of hydrogen-bond donors (Lipinski definition) is 3. The van der Waals surface area contributed by atoms with Crippen molar-refractivity contribution < 1.29 is 14.4 Å². The maximum absolute atomic E-state index is 13.4. The largest absolute Gasteiger partial charge is 0.383 e. The zero-order chi connectivity index (χ0) is 24.0. The number of hydrogen-bond acceptors (Lipinski definition) is 6. The van der Waals surface area contributed by atoms with Gasteiger partial charge in [-0.3, -0.25) is 19.5 Å². The minimum absolute atomic E-state index is 0.118. The number of carbonyl (C=O) groups is 3. The third-order valence-corrected chi connectivity index (χ3v) is 6.92. The Kier molecular flexibility index (Phi) is 5.22. The number of nitrogen functional groups attached to an aromatic ring is 1. The molecular formula is C24H27N7O3. The van der Waals surface area contributed by atoms with Crippen LogP contribution in [0.25, 0.3) is 10.9 Å². The average Bonchev–Trinajstić information content (AvgIpc) is 3.39. The van der Waals surface area contributed by atoms with Gasteiger partial charge in [0.25, 0.3) is 0 Å². The van der Waals surface area contributed by atoms with Gasteiger partial charge in [-0.2, -0.15) is 5.10 Å². The topological polar surface area (TPSA) is 137 Å². The minimum atomic E-state index is -0.787. The number of benzene rings is 1. The zero-order valence-corrected chi connectivity index (χ0v) is 19.1. The number of aromatic amines is 1. The molecule has 2 fully saturated rings. The Labute approximate surface area is 196 Å². The summed E-state index contributed by atoms with van der Waals surface area (Å²) < 4.78 is 0. The highest BCUT2D eigenvalue weighted by Crippen LogP contribution is 2.47. The Morgan fingerprint density at radius 3 is 2.56 bits per heavy atom. The van der Waals surface area contributed by atoms with E-state index in [1.807, 2.05) is 49.1 Å². The SMILES string of the molecule is C[C@@H]1CN(C(=O)C(=O)Nc2cnc(N)c3cn[nH]c23)[C@@H](c2ccccc2)CN1C(=O)C1(C)CC1. The number of nitrogens with one attached hydrogen (secondary N) is 2. The number of anilines is 2. The van der Waals surface area contributed by atoms with Gasteiger partial charge in [0.1, 0.15) is 5.82 Å². The number of aromatic nitrogens is 3. The van der Waals surface area contributed by atoms with Gasteiger partial charge in [-0.1, -0.05) is 37.3 Å². The van der Waals surface area contributed by atoms with Gasteiger partial charge < -0.3 is 20.9 Å². The molecule has 10 nitrogen and oxygen atoms in total. The minimum Gasteiger partial charge on any atom is -0.383 e. The van der Waals surface area contributed by atoms with Gasteiger partial charge in [0, 0.05) is 24.5 Å². The van der Waals surface area contributed by atoms with Crippen LogP contribution < -0.4 is 11.1 Å². The van der Waals surface area contributed by atoms with Gasteiger partial charge in [-0.25, -0.2) is 4.98 Å². The molecule has 34 heavy (non-hydrogen) atoms. The highest BCUT2D eigenvalue weighted by Gasteiger charge is 2.50. The molecule has 10 heteroatoms. The molecule has 4 N–H and O–H groups in total. The lowest BCUT2D eigenvalue weighted by Crippen LogP contribution is -2.59. The van der Waals surface area contributed by atoms with Gasteiger partial charge in [0.05, 0.1) is 35.0 Å². The lowest BCUT2D eigenvalue weighted by Gasteiger charge is -2.46. The van der Waals surface area contributed by atoms with E-state index in [-0.39, 0.29) is 29.7 Å². The summed E-state index contributed by atoms with van der Waals surface area (Å²) in [5.74, 6) is -1.07. The third-order valence-electron chi connectivity index (χ3n) is 6.92. The van der Waals surface area contributed by atoms with Crippen molar-refractivity contribution in [3.63, 3.8) is 0 Å². The van der Waals surface area contributed by atoms with E-state index in [1.165, 1.54) is 12.4 Å². The summed E-state index contributed by atoms with van der Waals surface area (Å²) >= 11 is 0. The number of amides is 3. The summed E-state index contributed by atoms with van der Waals surface area (Å²) in [5.41, 5.74) is 7.24. The molecule has 3 heterocycles. The molecule has 0 bridgehead atoms. The maximum Gasteiger partial charge on any atom is 0.314 e. The van der Waals surface area contributed by atoms with E-state index in [1.54, 1.807) is 4.90 Å². The van der Waals surface area contributed by atoms with Gasteiger partial charge >= 0.3 is 11.8 Å². The van der Waals surface area contributed by atoms with E-state index in [2.05, 4.69) is 20.5 Å². The molecule has 1 saturated carbocycles. The number of rotatable bonds is 3. The van der Waals surface area contributed by atoms with Crippen LogP contribution in [0, 0.1) is 5.41 Å². The molecule has 5 rings (SSSR count). The first-order chi connectivity index (χ1) is 16.3. The molecule has 1 aliphatic heterocycles. The van der Waals surface area contributed by atoms with E-state index >= 15 is 0 Å². The molecule has 2 aliphatic rings. The van der Waals surface area contributed by atoms with Crippen LogP contribution in [-0.2, 0) is 14.4 Å². The van der Waals surface area contributed by atoms with Gasteiger partial charge in [-0.15, -0.1) is 0 Å². The van der Waals surface area contributed by atoms with Gasteiger partial charge in [0.15, 0.2) is 0 Å². The molecule has 3 aromatic rings. The summed E-state index contributed by atoms with van der Waals surface area (Å²) in [6, 6.07) is 8.86. The fraction of sp³-hybridized carbons (Fsp3) is 0.375. The second-order valence-electron chi connectivity index (χ2n) is 9.42. The highest BCUT2D eigenvalue weighted by molar-refractivity contribution is 6.40. The number of fused-ring (bicyclic) bond motifs is 1. The van der Waals surface area contributed by atoms with Crippen LogP contribution in [-0.4, -0.2) is 61.8 Å². The molecule has 2 atom stereocenters. The van der Waals surface area contributed by atoms with Crippen LogP contribution >= 0.6 is 0 Å². The summed E-state index contributed by atoms with van der Waals surface area (Å²) in [7, 11) is 0. The van der Waals surface area contributed by atoms with Crippen molar-refractivity contribution >= 4 is 40.1 Å². The van der Waals surface area contributed by atoms with Crippen molar-refractivity contribution in [3.8, 4) is 0 Å². The number of pyridine rings is 1. The summed E-state index contributed by atoms with van der Waals surface area (Å²) in [6.07, 6.45) is 4.67. The second-order valence-corrected chi connectivity index (χ2v) is 9.42. The van der Waals surface area contributed by atoms with E-state index in [0.717, 1.165) is 18.4 Å². The molecule has 2 aromatic heterocycles. The second kappa shape index (κ2) is 8.12. The van der Waals surface area contributed by atoms with Crippen LogP contribution in [0.5, 0.6) is 0 Å².